The summed E-state index contributed by atoms with van der Waals surface area (Å²) in [7, 11) is 1.20. The zero-order valence-electron chi connectivity index (χ0n) is 21.6. The van der Waals surface area contributed by atoms with Gasteiger partial charge in [0.1, 0.15) is 25.6 Å². The number of fused-ring (bicyclic) bond motifs is 4. The van der Waals surface area contributed by atoms with Gasteiger partial charge >= 0.3 is 5.97 Å². The van der Waals surface area contributed by atoms with Crippen LogP contribution in [-0.4, -0.2) is 69.8 Å². The van der Waals surface area contributed by atoms with Gasteiger partial charge in [0.25, 0.3) is 11.8 Å². The van der Waals surface area contributed by atoms with Crippen molar-refractivity contribution in [2.75, 3.05) is 26.9 Å². The van der Waals surface area contributed by atoms with Crippen LogP contribution in [0, 0.1) is 0 Å². The van der Waals surface area contributed by atoms with Gasteiger partial charge in [0.15, 0.2) is 0 Å². The summed E-state index contributed by atoms with van der Waals surface area (Å²) in [6.07, 6.45) is 4.33. The standard InChI is InChI=1S/C29H24FN5O5/c1-39-26(36)15-35-28(37)20-12-24-25(13-21(20)29(35)38)33-23-9-7-19-17(4-8-22(23)32-24)14-31-34-27(19)16-2-5-18(6-3-16)40-11-10-30/h2-3,5-6,12-14H,4,7-11,15H2,1H3. The maximum absolute atomic E-state index is 12.9. The number of methoxy groups -OCH3 is 1. The Morgan fingerprint density at radius 2 is 1.60 bits per heavy atom. The summed E-state index contributed by atoms with van der Waals surface area (Å²) < 4.78 is 22.4. The molecule has 6 rings (SSSR count). The highest BCUT2D eigenvalue weighted by Crippen LogP contribution is 2.31. The minimum absolute atomic E-state index is 0.00797. The molecule has 1 aliphatic heterocycles. The molecule has 11 heteroatoms. The molecule has 0 unspecified atom stereocenters. The first kappa shape index (κ1) is 25.5. The molecule has 4 aromatic rings. The van der Waals surface area contributed by atoms with Crippen molar-refractivity contribution in [3.8, 4) is 17.0 Å². The molecule has 0 saturated carbocycles. The molecule has 3 heterocycles. The van der Waals surface area contributed by atoms with Gasteiger partial charge in [-0.3, -0.25) is 19.3 Å². The molecule has 202 valence electrons. The second-order valence-corrected chi connectivity index (χ2v) is 9.53. The van der Waals surface area contributed by atoms with Gasteiger partial charge in [0.2, 0.25) is 0 Å². The Morgan fingerprint density at radius 1 is 0.950 bits per heavy atom. The van der Waals surface area contributed by atoms with Gasteiger partial charge < -0.3 is 9.47 Å². The normalized spacial score (nSPS) is 14.3. The number of benzene rings is 2. The number of hydrogen-bond acceptors (Lipinski definition) is 9. The van der Waals surface area contributed by atoms with Crippen LogP contribution in [0.4, 0.5) is 4.39 Å². The summed E-state index contributed by atoms with van der Waals surface area (Å²) in [6.45, 7) is -0.996. The summed E-state index contributed by atoms with van der Waals surface area (Å²) in [5.74, 6) is -1.20. The molecule has 2 aromatic heterocycles. The second kappa shape index (κ2) is 10.4. The van der Waals surface area contributed by atoms with E-state index >= 15 is 0 Å². The van der Waals surface area contributed by atoms with Crippen molar-refractivity contribution < 1.29 is 28.2 Å². The zero-order chi connectivity index (χ0) is 27.8. The minimum atomic E-state index is -0.678. The van der Waals surface area contributed by atoms with E-state index in [4.69, 9.17) is 14.7 Å². The summed E-state index contributed by atoms with van der Waals surface area (Å²) in [4.78, 5) is 48.0. The van der Waals surface area contributed by atoms with Crippen molar-refractivity contribution in [2.45, 2.75) is 25.7 Å². The molecule has 0 atom stereocenters. The van der Waals surface area contributed by atoms with Crippen molar-refractivity contribution in [3.05, 3.63) is 76.2 Å². The van der Waals surface area contributed by atoms with Crippen LogP contribution in [0.3, 0.4) is 0 Å². The first-order valence-corrected chi connectivity index (χ1v) is 12.9. The van der Waals surface area contributed by atoms with Crippen LogP contribution in [0.2, 0.25) is 0 Å². The highest BCUT2D eigenvalue weighted by atomic mass is 19.1. The number of carbonyl (C=O) groups is 3. The molecule has 40 heavy (non-hydrogen) atoms. The van der Waals surface area contributed by atoms with Crippen LogP contribution in [0.5, 0.6) is 5.75 Å². The van der Waals surface area contributed by atoms with Gasteiger partial charge in [-0.15, -0.1) is 0 Å². The molecule has 0 N–H and O–H groups in total. The van der Waals surface area contributed by atoms with Crippen LogP contribution in [0.25, 0.3) is 22.3 Å². The molecule has 0 saturated heterocycles. The van der Waals surface area contributed by atoms with Crippen molar-refractivity contribution >= 4 is 28.8 Å². The van der Waals surface area contributed by atoms with Gasteiger partial charge in [-0.25, -0.2) is 14.4 Å². The van der Waals surface area contributed by atoms with Crippen LogP contribution in [0.1, 0.15) is 43.2 Å². The number of rotatable bonds is 6. The molecule has 0 bridgehead atoms. The lowest BCUT2D eigenvalue weighted by Crippen LogP contribution is -2.35. The Labute approximate surface area is 228 Å². The summed E-state index contributed by atoms with van der Waals surface area (Å²) in [6, 6.07) is 10.5. The molecular formula is C29H24FN5O5. The van der Waals surface area contributed by atoms with Gasteiger partial charge in [0.05, 0.1) is 52.5 Å². The van der Waals surface area contributed by atoms with E-state index in [1.165, 1.54) is 7.11 Å². The molecule has 0 fully saturated rings. The largest absolute Gasteiger partial charge is 0.491 e. The Bertz CT molecular complexity index is 1670. The third-order valence-electron chi connectivity index (χ3n) is 7.19. The number of alkyl halides is 1. The predicted molar refractivity (Wildman–Crippen MR) is 141 cm³/mol. The maximum atomic E-state index is 12.9. The Kier molecular flexibility index (Phi) is 6.63. The number of esters is 1. The molecule has 0 spiro atoms. The van der Waals surface area contributed by atoms with Gasteiger partial charge in [-0.2, -0.15) is 10.2 Å². The molecular weight excluding hydrogens is 517 g/mol. The average Bonchev–Trinajstić information content (AvgIpc) is 3.19. The average molecular weight is 542 g/mol. The molecule has 10 nitrogen and oxygen atoms in total. The van der Waals surface area contributed by atoms with Crippen LogP contribution < -0.4 is 4.74 Å². The number of amides is 2. The van der Waals surface area contributed by atoms with Crippen LogP contribution >= 0.6 is 0 Å². The van der Waals surface area contributed by atoms with E-state index in [1.807, 2.05) is 12.1 Å². The first-order valence-electron chi connectivity index (χ1n) is 12.9. The van der Waals surface area contributed by atoms with E-state index in [-0.39, 0.29) is 17.7 Å². The zero-order valence-corrected chi connectivity index (χ0v) is 21.6. The lowest BCUT2D eigenvalue weighted by atomic mass is 9.91. The van der Waals surface area contributed by atoms with Crippen molar-refractivity contribution in [1.29, 1.82) is 0 Å². The lowest BCUT2D eigenvalue weighted by molar-refractivity contribution is -0.140. The number of aromatic nitrogens is 4. The van der Waals surface area contributed by atoms with E-state index in [2.05, 4.69) is 14.9 Å². The summed E-state index contributed by atoms with van der Waals surface area (Å²) in [5.41, 5.74) is 6.89. The molecule has 1 aliphatic carbocycles. The molecule has 0 radical (unpaired) electrons. The van der Waals surface area contributed by atoms with Gasteiger partial charge in [-0.05, 0) is 73.2 Å². The van der Waals surface area contributed by atoms with E-state index in [9.17, 15) is 18.8 Å². The Morgan fingerprint density at radius 3 is 2.23 bits per heavy atom. The SMILES string of the molecule is COC(=O)CN1C(=O)c2cc3nc4c(nc3cc2C1=O)CCc1c(cnnc1-c1ccc(OCCF)cc1)CC4. The molecule has 2 amide bonds. The van der Waals surface area contributed by atoms with Crippen LogP contribution in [-0.2, 0) is 35.2 Å². The number of carbonyl (C=O) groups excluding carboxylic acids is 3. The fraction of sp³-hybridized carbons (Fsp3) is 0.276. The third-order valence-corrected chi connectivity index (χ3v) is 7.19. The highest BCUT2D eigenvalue weighted by molar-refractivity contribution is 6.23. The Hall–Kier alpha value is -4.80. The van der Waals surface area contributed by atoms with Crippen LogP contribution in [0.15, 0.2) is 42.6 Å². The number of hydrogen-bond donors (Lipinski definition) is 0. The number of nitrogens with zero attached hydrogens (tertiary/aromatic N) is 5. The minimum Gasteiger partial charge on any atom is -0.491 e. The van der Waals surface area contributed by atoms with Crippen molar-refractivity contribution in [3.63, 3.8) is 0 Å². The highest BCUT2D eigenvalue weighted by Gasteiger charge is 2.37. The van der Waals surface area contributed by atoms with E-state index in [0.717, 1.165) is 38.7 Å². The van der Waals surface area contributed by atoms with Gasteiger partial charge in [0, 0.05) is 5.56 Å². The second-order valence-electron chi connectivity index (χ2n) is 9.53. The number of aryl methyl sites for hydroxylation is 3. The number of imide groups is 1. The fourth-order valence-corrected chi connectivity index (χ4v) is 5.19. The number of halogens is 1. The molecule has 2 aliphatic rings. The van der Waals surface area contributed by atoms with E-state index in [1.54, 1.807) is 30.5 Å². The van der Waals surface area contributed by atoms with Crippen molar-refractivity contribution in [2.24, 2.45) is 0 Å². The smallest absolute Gasteiger partial charge is 0.325 e. The van der Waals surface area contributed by atoms with Crippen molar-refractivity contribution in [1.82, 2.24) is 25.1 Å². The summed E-state index contributed by atoms with van der Waals surface area (Å²) >= 11 is 0. The predicted octanol–water partition coefficient (Wildman–Crippen LogP) is 3.09. The Balaban J connectivity index is 1.31. The molecule has 2 aromatic carbocycles. The topological polar surface area (TPSA) is 124 Å². The lowest BCUT2D eigenvalue weighted by Gasteiger charge is -2.18. The van der Waals surface area contributed by atoms with Gasteiger partial charge in [-0.1, -0.05) is 0 Å². The number of ether oxygens (including phenoxy) is 2. The summed E-state index contributed by atoms with van der Waals surface area (Å²) in [5, 5.41) is 8.67. The monoisotopic (exact) mass is 541 g/mol. The third kappa shape index (κ3) is 4.53. The fourth-order valence-electron chi connectivity index (χ4n) is 5.19. The quantitative estimate of drug-likeness (QED) is 0.267. The van der Waals surface area contributed by atoms with E-state index in [0.29, 0.717) is 42.5 Å². The van der Waals surface area contributed by atoms with E-state index < -0.39 is 31.0 Å². The maximum Gasteiger partial charge on any atom is 0.325 e. The first-order chi connectivity index (χ1) is 19.5.